The van der Waals surface area contributed by atoms with Gasteiger partial charge in [-0.3, -0.25) is 0 Å². The molecule has 2 aromatic carbocycles. The number of benzene rings is 2. The number of hydrogen-bond donors (Lipinski definition) is 1. The second kappa shape index (κ2) is 8.51. The van der Waals surface area contributed by atoms with Crippen molar-refractivity contribution >= 4 is 8.32 Å². The van der Waals surface area contributed by atoms with Gasteiger partial charge in [0.25, 0.3) is 0 Å². The topological polar surface area (TPSA) is 21.3 Å². The minimum atomic E-state index is -1.83. The molecule has 1 aliphatic heterocycles. The van der Waals surface area contributed by atoms with Crippen LogP contribution < -0.4 is 5.32 Å². The first kappa shape index (κ1) is 19.3. The van der Waals surface area contributed by atoms with E-state index in [0.29, 0.717) is 6.04 Å². The first-order chi connectivity index (χ1) is 12.7. The normalized spacial score (nSPS) is 18.2. The van der Waals surface area contributed by atoms with Gasteiger partial charge in [-0.25, -0.2) is 0 Å². The van der Waals surface area contributed by atoms with Gasteiger partial charge in [0.2, 0.25) is 0 Å². The van der Waals surface area contributed by atoms with E-state index in [1.807, 2.05) is 0 Å². The molecule has 1 atom stereocenters. The summed E-state index contributed by atoms with van der Waals surface area (Å²) in [6, 6.07) is 25.6. The Morgan fingerprint density at radius 1 is 0.885 bits per heavy atom. The van der Waals surface area contributed by atoms with E-state index < -0.39 is 13.9 Å². The predicted molar refractivity (Wildman–Crippen MR) is 113 cm³/mol. The van der Waals surface area contributed by atoms with Crippen LogP contribution >= 0.6 is 0 Å². The largest absolute Gasteiger partial charge is 0.402 e. The zero-order valence-corrected chi connectivity index (χ0v) is 17.5. The first-order valence-electron chi connectivity index (χ1n) is 10.3. The molecule has 140 valence electrons. The Morgan fingerprint density at radius 3 is 1.77 bits per heavy atom. The minimum absolute atomic E-state index is 0.323. The molecule has 2 nitrogen and oxygen atoms in total. The fourth-order valence-electron chi connectivity index (χ4n) is 4.47. The van der Waals surface area contributed by atoms with E-state index in [1.54, 1.807) is 0 Å². The highest BCUT2D eigenvalue weighted by Crippen LogP contribution is 2.44. The van der Waals surface area contributed by atoms with Crippen LogP contribution in [0.5, 0.6) is 0 Å². The van der Waals surface area contributed by atoms with E-state index in [9.17, 15) is 0 Å². The number of rotatable bonds is 8. The van der Waals surface area contributed by atoms with Crippen molar-refractivity contribution in [3.05, 3.63) is 71.8 Å². The Kier molecular flexibility index (Phi) is 6.33. The molecule has 1 saturated heterocycles. The monoisotopic (exact) mass is 367 g/mol. The molecule has 0 amide bonds. The predicted octanol–water partition coefficient (Wildman–Crippen LogP) is 5.70. The quantitative estimate of drug-likeness (QED) is 0.604. The van der Waals surface area contributed by atoms with Crippen LogP contribution in [0.25, 0.3) is 0 Å². The fourth-order valence-corrected chi connectivity index (χ4v) is 7.46. The van der Waals surface area contributed by atoms with Crippen molar-refractivity contribution in [3.8, 4) is 0 Å². The third kappa shape index (κ3) is 3.53. The Labute approximate surface area is 160 Å². The standard InChI is InChI=1S/C23H33NOSi/c1-4-26(5-2,6-3)25-23(22-18-13-19-24-22,20-14-9-7-10-15-20)21-16-11-8-12-17-21/h7-12,14-17,22,24H,4-6,13,18-19H2,1-3H3/t22-/m0/s1. The third-order valence-corrected chi connectivity index (χ3v) is 10.9. The molecule has 1 fully saturated rings. The van der Waals surface area contributed by atoms with Gasteiger partial charge in [0.1, 0.15) is 5.60 Å². The van der Waals surface area contributed by atoms with Crippen molar-refractivity contribution < 1.29 is 4.43 Å². The SMILES string of the molecule is CC[Si](CC)(CC)OC(c1ccccc1)(c1ccccc1)[C@@H]1CCCN1. The maximum absolute atomic E-state index is 7.41. The van der Waals surface area contributed by atoms with E-state index in [4.69, 9.17) is 4.43 Å². The molecule has 0 spiro atoms. The smallest absolute Gasteiger partial charge is 0.193 e. The van der Waals surface area contributed by atoms with Gasteiger partial charge < -0.3 is 9.74 Å². The molecule has 2 aromatic rings. The highest BCUT2D eigenvalue weighted by Gasteiger charge is 2.49. The molecular weight excluding hydrogens is 334 g/mol. The zero-order valence-electron chi connectivity index (χ0n) is 16.5. The lowest BCUT2D eigenvalue weighted by Gasteiger charge is -2.47. The summed E-state index contributed by atoms with van der Waals surface area (Å²) in [7, 11) is -1.83. The van der Waals surface area contributed by atoms with Gasteiger partial charge in [-0.2, -0.15) is 0 Å². The lowest BCUT2D eigenvalue weighted by atomic mass is 9.79. The summed E-state index contributed by atoms with van der Waals surface area (Å²) in [5, 5.41) is 3.79. The van der Waals surface area contributed by atoms with Gasteiger partial charge in [0.15, 0.2) is 8.32 Å². The van der Waals surface area contributed by atoms with Gasteiger partial charge in [0, 0.05) is 6.04 Å². The van der Waals surface area contributed by atoms with Crippen LogP contribution in [-0.2, 0) is 10.0 Å². The van der Waals surface area contributed by atoms with Crippen molar-refractivity contribution in [1.29, 1.82) is 0 Å². The lowest BCUT2D eigenvalue weighted by Crippen LogP contribution is -2.55. The van der Waals surface area contributed by atoms with Crippen molar-refractivity contribution in [1.82, 2.24) is 5.32 Å². The highest BCUT2D eigenvalue weighted by atomic mass is 28.4. The maximum atomic E-state index is 7.41. The highest BCUT2D eigenvalue weighted by molar-refractivity contribution is 6.73. The molecule has 0 aliphatic carbocycles. The molecule has 1 aliphatic rings. The Balaban J connectivity index is 2.21. The van der Waals surface area contributed by atoms with Crippen LogP contribution in [-0.4, -0.2) is 20.9 Å². The number of hydrogen-bond acceptors (Lipinski definition) is 2. The van der Waals surface area contributed by atoms with Crippen molar-refractivity contribution in [2.45, 2.75) is 63.4 Å². The molecule has 0 radical (unpaired) electrons. The van der Waals surface area contributed by atoms with Crippen LogP contribution in [0.2, 0.25) is 18.1 Å². The Hall–Kier alpha value is -1.42. The molecule has 0 aromatic heterocycles. The van der Waals surface area contributed by atoms with Crippen molar-refractivity contribution in [3.63, 3.8) is 0 Å². The summed E-state index contributed by atoms with van der Waals surface area (Å²) >= 11 is 0. The summed E-state index contributed by atoms with van der Waals surface area (Å²) < 4.78 is 7.41. The Bertz CT molecular complexity index is 615. The first-order valence-corrected chi connectivity index (χ1v) is 12.8. The summed E-state index contributed by atoms with van der Waals surface area (Å²) in [5.74, 6) is 0. The summed E-state index contributed by atoms with van der Waals surface area (Å²) in [6.07, 6.45) is 2.37. The summed E-state index contributed by atoms with van der Waals surface area (Å²) in [6.45, 7) is 8.04. The molecule has 0 unspecified atom stereocenters. The summed E-state index contributed by atoms with van der Waals surface area (Å²) in [4.78, 5) is 0. The maximum Gasteiger partial charge on any atom is 0.193 e. The van der Waals surface area contributed by atoms with Crippen LogP contribution in [0.3, 0.4) is 0 Å². The fraction of sp³-hybridized carbons (Fsp3) is 0.478. The molecule has 1 heterocycles. The van der Waals surface area contributed by atoms with Crippen molar-refractivity contribution in [2.24, 2.45) is 0 Å². The van der Waals surface area contributed by atoms with Crippen LogP contribution in [0.4, 0.5) is 0 Å². The number of nitrogens with one attached hydrogen (secondary N) is 1. The molecule has 26 heavy (non-hydrogen) atoms. The van der Waals surface area contributed by atoms with E-state index in [-0.39, 0.29) is 0 Å². The molecule has 3 heteroatoms. The van der Waals surface area contributed by atoms with E-state index >= 15 is 0 Å². The van der Waals surface area contributed by atoms with Crippen LogP contribution in [0.15, 0.2) is 60.7 Å². The van der Waals surface area contributed by atoms with Gasteiger partial charge in [-0.1, -0.05) is 81.4 Å². The van der Waals surface area contributed by atoms with E-state index in [2.05, 4.69) is 86.8 Å². The van der Waals surface area contributed by atoms with Gasteiger partial charge in [0.05, 0.1) is 0 Å². The Morgan fingerprint density at radius 2 is 1.38 bits per heavy atom. The van der Waals surface area contributed by atoms with Gasteiger partial charge in [-0.15, -0.1) is 0 Å². The van der Waals surface area contributed by atoms with Crippen LogP contribution in [0, 0.1) is 0 Å². The molecule has 1 N–H and O–H groups in total. The minimum Gasteiger partial charge on any atom is -0.402 e. The average molecular weight is 368 g/mol. The lowest BCUT2D eigenvalue weighted by molar-refractivity contribution is 0.0592. The van der Waals surface area contributed by atoms with Gasteiger partial charge in [-0.05, 0) is 48.6 Å². The third-order valence-electron chi connectivity index (χ3n) is 6.27. The molecule has 0 bridgehead atoms. The summed E-state index contributed by atoms with van der Waals surface area (Å²) in [5.41, 5.74) is 2.18. The molecule has 0 saturated carbocycles. The molecular formula is C23H33NOSi. The van der Waals surface area contributed by atoms with E-state index in [0.717, 1.165) is 31.1 Å². The zero-order chi connectivity index (χ0) is 18.5. The van der Waals surface area contributed by atoms with Crippen molar-refractivity contribution in [2.75, 3.05) is 6.54 Å². The average Bonchev–Trinajstić information content (AvgIpc) is 3.26. The van der Waals surface area contributed by atoms with Crippen LogP contribution in [0.1, 0.15) is 44.7 Å². The second-order valence-electron chi connectivity index (χ2n) is 7.46. The van der Waals surface area contributed by atoms with E-state index in [1.165, 1.54) is 17.5 Å². The second-order valence-corrected chi connectivity index (χ2v) is 12.2. The van der Waals surface area contributed by atoms with Gasteiger partial charge >= 0.3 is 0 Å². The molecule has 3 rings (SSSR count).